The van der Waals surface area contributed by atoms with Crippen molar-refractivity contribution in [1.29, 1.82) is 0 Å². The van der Waals surface area contributed by atoms with E-state index in [-0.39, 0.29) is 11.8 Å². The molecular formula is C21H23FN4O. The fraction of sp³-hybridized carbons (Fsp3) is 0.238. The molecule has 5 nitrogen and oxygen atoms in total. The summed E-state index contributed by atoms with van der Waals surface area (Å²) in [6, 6.07) is 12.0. The number of hydrogen-bond donors (Lipinski definition) is 2. The average Bonchev–Trinajstić information content (AvgIpc) is 2.88. The second-order valence-corrected chi connectivity index (χ2v) is 6.62. The lowest BCUT2D eigenvalue weighted by atomic mass is 10.1. The summed E-state index contributed by atoms with van der Waals surface area (Å²) in [5.74, 6) is -0.271. The van der Waals surface area contributed by atoms with Crippen molar-refractivity contribution in [2.24, 2.45) is 0 Å². The van der Waals surface area contributed by atoms with Crippen molar-refractivity contribution in [2.75, 3.05) is 10.6 Å². The molecule has 0 aliphatic rings. The molecule has 6 heteroatoms. The second-order valence-electron chi connectivity index (χ2n) is 6.62. The van der Waals surface area contributed by atoms with Gasteiger partial charge in [-0.1, -0.05) is 30.3 Å². The first-order chi connectivity index (χ1) is 12.9. The Hall–Kier alpha value is -3.15. The number of carbonyl (C=O) groups is 1. The largest absolute Gasteiger partial charge is 0.323 e. The quantitative estimate of drug-likeness (QED) is 0.686. The van der Waals surface area contributed by atoms with E-state index in [4.69, 9.17) is 0 Å². The molecule has 3 aromatic rings. The predicted molar refractivity (Wildman–Crippen MR) is 106 cm³/mol. The molecule has 0 aliphatic heterocycles. The standard InChI is InChI=1S/C21H23FN4O/c1-13-8-7-11-19(14(13)2)23-21(27)24-20-15(3)25-26(16(20)4)12-17-9-5-6-10-18(17)22/h5-11H,12H2,1-4H3,(H2,23,24,27). The van der Waals surface area contributed by atoms with Crippen LogP contribution in [0.25, 0.3) is 0 Å². The van der Waals surface area contributed by atoms with Gasteiger partial charge in [0.15, 0.2) is 0 Å². The normalized spacial score (nSPS) is 10.7. The molecule has 0 saturated carbocycles. The van der Waals surface area contributed by atoms with Gasteiger partial charge in [0, 0.05) is 11.3 Å². The van der Waals surface area contributed by atoms with Gasteiger partial charge in [-0.25, -0.2) is 9.18 Å². The monoisotopic (exact) mass is 366 g/mol. The van der Waals surface area contributed by atoms with E-state index in [2.05, 4.69) is 15.7 Å². The summed E-state index contributed by atoms with van der Waals surface area (Å²) in [6.45, 7) is 7.94. The van der Waals surface area contributed by atoms with Gasteiger partial charge < -0.3 is 10.6 Å². The third-order valence-electron chi connectivity index (χ3n) is 4.75. The molecule has 2 amide bonds. The summed E-state index contributed by atoms with van der Waals surface area (Å²) < 4.78 is 15.6. The Morgan fingerprint density at radius 3 is 2.52 bits per heavy atom. The summed E-state index contributed by atoms with van der Waals surface area (Å²) in [5, 5.41) is 10.2. The van der Waals surface area contributed by atoms with Crippen LogP contribution in [-0.2, 0) is 6.54 Å². The first-order valence-corrected chi connectivity index (χ1v) is 8.78. The molecule has 2 aromatic carbocycles. The molecule has 0 unspecified atom stereocenters. The van der Waals surface area contributed by atoms with Gasteiger partial charge in [-0.15, -0.1) is 0 Å². The lowest BCUT2D eigenvalue weighted by Gasteiger charge is -2.12. The van der Waals surface area contributed by atoms with E-state index in [9.17, 15) is 9.18 Å². The van der Waals surface area contributed by atoms with Crippen LogP contribution in [-0.4, -0.2) is 15.8 Å². The maximum absolute atomic E-state index is 13.9. The molecule has 0 bridgehead atoms. The first kappa shape index (κ1) is 18.6. The van der Waals surface area contributed by atoms with Gasteiger partial charge in [0.05, 0.1) is 23.6 Å². The molecule has 27 heavy (non-hydrogen) atoms. The molecule has 0 radical (unpaired) electrons. The van der Waals surface area contributed by atoms with Crippen molar-refractivity contribution >= 4 is 17.4 Å². The average molecular weight is 366 g/mol. The molecule has 1 heterocycles. The van der Waals surface area contributed by atoms with Crippen molar-refractivity contribution in [3.8, 4) is 0 Å². The Morgan fingerprint density at radius 2 is 1.78 bits per heavy atom. The smallest absolute Gasteiger partial charge is 0.307 e. The topological polar surface area (TPSA) is 59.0 Å². The predicted octanol–water partition coefficient (Wildman–Crippen LogP) is 4.95. The van der Waals surface area contributed by atoms with Crippen LogP contribution in [0.5, 0.6) is 0 Å². The van der Waals surface area contributed by atoms with E-state index in [1.54, 1.807) is 22.9 Å². The molecule has 0 saturated heterocycles. The molecule has 3 rings (SSSR count). The van der Waals surface area contributed by atoms with Gasteiger partial charge in [0.2, 0.25) is 0 Å². The molecule has 1 aromatic heterocycles. The minimum atomic E-state index is -0.333. The number of nitrogens with one attached hydrogen (secondary N) is 2. The zero-order valence-electron chi connectivity index (χ0n) is 15.9. The Morgan fingerprint density at radius 1 is 1.04 bits per heavy atom. The summed E-state index contributed by atoms with van der Waals surface area (Å²) in [6.07, 6.45) is 0. The zero-order chi connectivity index (χ0) is 19.6. The number of rotatable bonds is 4. The van der Waals surface area contributed by atoms with Gasteiger partial charge in [0.25, 0.3) is 0 Å². The maximum atomic E-state index is 13.9. The Kier molecular flexibility index (Phi) is 5.26. The van der Waals surface area contributed by atoms with E-state index in [0.717, 1.165) is 22.5 Å². The zero-order valence-corrected chi connectivity index (χ0v) is 15.9. The van der Waals surface area contributed by atoms with Gasteiger partial charge in [0.1, 0.15) is 5.82 Å². The van der Waals surface area contributed by atoms with Crippen LogP contribution in [0.2, 0.25) is 0 Å². The van der Waals surface area contributed by atoms with Crippen LogP contribution in [0.3, 0.4) is 0 Å². The summed E-state index contributed by atoms with van der Waals surface area (Å²) in [7, 11) is 0. The third kappa shape index (κ3) is 4.00. The SMILES string of the molecule is Cc1cccc(NC(=O)Nc2c(C)nn(Cc3ccccc3F)c2C)c1C. The van der Waals surface area contributed by atoms with Crippen LogP contribution >= 0.6 is 0 Å². The highest BCUT2D eigenvalue weighted by Crippen LogP contribution is 2.22. The molecule has 140 valence electrons. The van der Waals surface area contributed by atoms with Crippen molar-refractivity contribution in [3.05, 3.63) is 76.4 Å². The Bertz CT molecular complexity index is 994. The van der Waals surface area contributed by atoms with E-state index in [1.807, 2.05) is 45.9 Å². The van der Waals surface area contributed by atoms with Gasteiger partial charge in [-0.2, -0.15) is 5.10 Å². The van der Waals surface area contributed by atoms with E-state index in [0.29, 0.717) is 23.5 Å². The fourth-order valence-electron chi connectivity index (χ4n) is 2.97. The highest BCUT2D eigenvalue weighted by atomic mass is 19.1. The lowest BCUT2D eigenvalue weighted by Crippen LogP contribution is -2.21. The number of aromatic nitrogens is 2. The van der Waals surface area contributed by atoms with Crippen molar-refractivity contribution in [2.45, 2.75) is 34.2 Å². The number of anilines is 2. The number of nitrogens with zero attached hydrogens (tertiary/aromatic N) is 2. The molecule has 0 atom stereocenters. The summed E-state index contributed by atoms with van der Waals surface area (Å²) >= 11 is 0. The minimum Gasteiger partial charge on any atom is -0.307 e. The molecule has 0 spiro atoms. The molecule has 0 aliphatic carbocycles. The highest BCUT2D eigenvalue weighted by Gasteiger charge is 2.16. The molecular weight excluding hydrogens is 343 g/mol. The van der Waals surface area contributed by atoms with Crippen LogP contribution in [0.1, 0.15) is 28.1 Å². The first-order valence-electron chi connectivity index (χ1n) is 8.78. The summed E-state index contributed by atoms with van der Waals surface area (Å²) in [5.41, 5.74) is 5.53. The van der Waals surface area contributed by atoms with Crippen LogP contribution in [0, 0.1) is 33.5 Å². The van der Waals surface area contributed by atoms with Gasteiger partial charge in [-0.3, -0.25) is 4.68 Å². The molecule has 2 N–H and O–H groups in total. The number of aryl methyl sites for hydroxylation is 2. The van der Waals surface area contributed by atoms with Crippen LogP contribution in [0.15, 0.2) is 42.5 Å². The number of amides is 2. The van der Waals surface area contributed by atoms with Crippen LogP contribution in [0.4, 0.5) is 20.6 Å². The second kappa shape index (κ2) is 7.61. The van der Waals surface area contributed by atoms with E-state index in [1.165, 1.54) is 6.07 Å². The van der Waals surface area contributed by atoms with Gasteiger partial charge >= 0.3 is 6.03 Å². The van der Waals surface area contributed by atoms with Crippen molar-refractivity contribution in [3.63, 3.8) is 0 Å². The van der Waals surface area contributed by atoms with E-state index < -0.39 is 0 Å². The third-order valence-corrected chi connectivity index (χ3v) is 4.75. The number of hydrogen-bond acceptors (Lipinski definition) is 2. The molecule has 0 fully saturated rings. The number of halogens is 1. The van der Waals surface area contributed by atoms with Crippen molar-refractivity contribution in [1.82, 2.24) is 9.78 Å². The Balaban J connectivity index is 1.77. The lowest BCUT2D eigenvalue weighted by molar-refractivity contribution is 0.262. The Labute approximate surface area is 158 Å². The van der Waals surface area contributed by atoms with Crippen LogP contribution < -0.4 is 10.6 Å². The number of urea groups is 1. The minimum absolute atomic E-state index is 0.271. The fourth-order valence-corrected chi connectivity index (χ4v) is 2.97. The number of benzene rings is 2. The van der Waals surface area contributed by atoms with Crippen molar-refractivity contribution < 1.29 is 9.18 Å². The van der Waals surface area contributed by atoms with Gasteiger partial charge in [-0.05, 0) is 51.0 Å². The highest BCUT2D eigenvalue weighted by molar-refractivity contribution is 6.01. The number of carbonyl (C=O) groups excluding carboxylic acids is 1. The summed E-state index contributed by atoms with van der Waals surface area (Å²) in [4.78, 5) is 12.5. The maximum Gasteiger partial charge on any atom is 0.323 e. The van der Waals surface area contributed by atoms with E-state index >= 15 is 0 Å².